The van der Waals surface area contributed by atoms with Crippen LogP contribution in [0.25, 0.3) is 0 Å². The van der Waals surface area contributed by atoms with Gasteiger partial charge in [-0.15, -0.1) is 11.3 Å². The fourth-order valence-electron chi connectivity index (χ4n) is 1.48. The van der Waals surface area contributed by atoms with Crippen LogP contribution in [0.15, 0.2) is 16.0 Å². The number of rotatable bonds is 2. The van der Waals surface area contributed by atoms with Crippen LogP contribution in [-0.4, -0.2) is 15.7 Å². The van der Waals surface area contributed by atoms with Crippen LogP contribution in [0.2, 0.25) is 0 Å². The Morgan fingerprint density at radius 3 is 2.71 bits per heavy atom. The van der Waals surface area contributed by atoms with E-state index < -0.39 is 0 Å². The number of aromatic nitrogens is 2. The molecule has 4 nitrogen and oxygen atoms in total. The Morgan fingerprint density at radius 2 is 2.24 bits per heavy atom. The molecule has 17 heavy (non-hydrogen) atoms. The van der Waals surface area contributed by atoms with Crippen LogP contribution in [0.3, 0.4) is 0 Å². The Morgan fingerprint density at radius 1 is 1.53 bits per heavy atom. The summed E-state index contributed by atoms with van der Waals surface area (Å²) in [6, 6.07) is 1.87. The summed E-state index contributed by atoms with van der Waals surface area (Å²) in [6.45, 7) is 3.83. The Hall–Kier alpha value is -1.14. The molecular formula is C11H12BrN3OS. The number of anilines is 1. The van der Waals surface area contributed by atoms with Crippen molar-refractivity contribution in [2.45, 2.75) is 13.8 Å². The van der Waals surface area contributed by atoms with Gasteiger partial charge in [-0.2, -0.15) is 5.10 Å². The number of carbonyl (C=O) groups is 1. The average molecular weight is 314 g/mol. The van der Waals surface area contributed by atoms with Crippen LogP contribution >= 0.6 is 27.3 Å². The summed E-state index contributed by atoms with van der Waals surface area (Å²) in [4.78, 5) is 12.7. The third-order valence-corrected chi connectivity index (χ3v) is 4.48. The second-order valence-electron chi connectivity index (χ2n) is 3.82. The van der Waals surface area contributed by atoms with E-state index in [-0.39, 0.29) is 5.91 Å². The molecule has 2 aromatic rings. The van der Waals surface area contributed by atoms with Gasteiger partial charge in [0.25, 0.3) is 5.91 Å². The van der Waals surface area contributed by atoms with E-state index in [1.165, 1.54) is 11.3 Å². The van der Waals surface area contributed by atoms with Crippen molar-refractivity contribution < 1.29 is 4.79 Å². The zero-order chi connectivity index (χ0) is 12.6. The molecule has 1 amide bonds. The molecule has 2 heterocycles. The lowest BCUT2D eigenvalue weighted by Gasteiger charge is -2.00. The average Bonchev–Trinajstić information content (AvgIpc) is 2.72. The fourth-order valence-corrected chi connectivity index (χ4v) is 2.91. The molecule has 0 aliphatic carbocycles. The highest BCUT2D eigenvalue weighted by Gasteiger charge is 2.13. The number of hydrogen-bond acceptors (Lipinski definition) is 3. The van der Waals surface area contributed by atoms with Gasteiger partial charge in [0.1, 0.15) is 0 Å². The number of halogens is 1. The van der Waals surface area contributed by atoms with Gasteiger partial charge in [0.15, 0.2) is 0 Å². The van der Waals surface area contributed by atoms with Crippen molar-refractivity contribution in [3.05, 3.63) is 32.2 Å². The standard InChI is InChI=1S/C11H12BrN3OS/c1-6-4-9(17-10(6)12)11(16)13-8-5-15(3)14-7(8)2/h4-5H,1-3H3,(H,13,16). The maximum absolute atomic E-state index is 12.0. The van der Waals surface area contributed by atoms with E-state index in [9.17, 15) is 4.79 Å². The minimum absolute atomic E-state index is 0.0973. The molecule has 0 fully saturated rings. The first kappa shape index (κ1) is 12.3. The maximum Gasteiger partial charge on any atom is 0.265 e. The van der Waals surface area contributed by atoms with Gasteiger partial charge in [-0.1, -0.05) is 0 Å². The second kappa shape index (κ2) is 4.62. The van der Waals surface area contributed by atoms with Gasteiger partial charge in [-0.3, -0.25) is 9.48 Å². The molecule has 0 bridgehead atoms. The quantitative estimate of drug-likeness (QED) is 0.926. The van der Waals surface area contributed by atoms with E-state index in [1.54, 1.807) is 10.9 Å². The number of nitrogens with zero attached hydrogens (tertiary/aromatic N) is 2. The van der Waals surface area contributed by atoms with Gasteiger partial charge >= 0.3 is 0 Å². The normalized spacial score (nSPS) is 10.6. The van der Waals surface area contributed by atoms with E-state index in [0.29, 0.717) is 4.88 Å². The van der Waals surface area contributed by atoms with E-state index in [1.807, 2.05) is 27.0 Å². The van der Waals surface area contributed by atoms with Crippen LogP contribution in [0.5, 0.6) is 0 Å². The third kappa shape index (κ3) is 2.58. The molecule has 0 aliphatic heterocycles. The predicted molar refractivity (Wildman–Crippen MR) is 72.7 cm³/mol. The van der Waals surface area contributed by atoms with Crippen molar-refractivity contribution >= 4 is 38.9 Å². The molecule has 0 radical (unpaired) electrons. The molecule has 0 saturated carbocycles. The molecule has 6 heteroatoms. The summed E-state index contributed by atoms with van der Waals surface area (Å²) in [5.41, 5.74) is 2.64. The minimum Gasteiger partial charge on any atom is -0.318 e. The van der Waals surface area contributed by atoms with E-state index in [4.69, 9.17) is 0 Å². The lowest BCUT2D eigenvalue weighted by atomic mass is 10.3. The molecule has 90 valence electrons. The topological polar surface area (TPSA) is 46.9 Å². The van der Waals surface area contributed by atoms with Crippen LogP contribution < -0.4 is 5.32 Å². The number of carbonyl (C=O) groups excluding carboxylic acids is 1. The van der Waals surface area contributed by atoms with Gasteiger partial charge in [-0.25, -0.2) is 0 Å². The molecule has 0 saturated heterocycles. The summed E-state index contributed by atoms with van der Waals surface area (Å²) in [5.74, 6) is -0.0973. The zero-order valence-corrected chi connectivity index (χ0v) is 12.1. The smallest absolute Gasteiger partial charge is 0.265 e. The van der Waals surface area contributed by atoms with Crippen molar-refractivity contribution in [2.75, 3.05) is 5.32 Å². The van der Waals surface area contributed by atoms with E-state index >= 15 is 0 Å². The molecule has 2 aromatic heterocycles. The number of aryl methyl sites for hydroxylation is 3. The molecule has 1 N–H and O–H groups in total. The first-order chi connectivity index (χ1) is 7.97. The molecule has 0 aromatic carbocycles. The van der Waals surface area contributed by atoms with Crippen molar-refractivity contribution in [3.8, 4) is 0 Å². The highest BCUT2D eigenvalue weighted by atomic mass is 79.9. The first-order valence-electron chi connectivity index (χ1n) is 5.05. The van der Waals surface area contributed by atoms with Crippen LogP contribution in [0.1, 0.15) is 20.9 Å². The Kier molecular flexibility index (Phi) is 3.35. The molecule has 0 aliphatic rings. The molecular weight excluding hydrogens is 302 g/mol. The summed E-state index contributed by atoms with van der Waals surface area (Å²) in [7, 11) is 1.83. The molecule has 0 atom stereocenters. The summed E-state index contributed by atoms with van der Waals surface area (Å²) >= 11 is 4.84. The van der Waals surface area contributed by atoms with Crippen LogP contribution in [0.4, 0.5) is 5.69 Å². The number of hydrogen-bond donors (Lipinski definition) is 1. The Balaban J connectivity index is 2.19. The first-order valence-corrected chi connectivity index (χ1v) is 6.66. The van der Waals surface area contributed by atoms with Gasteiger partial charge in [0.05, 0.1) is 20.0 Å². The van der Waals surface area contributed by atoms with E-state index in [2.05, 4.69) is 26.3 Å². The predicted octanol–water partition coefficient (Wildman–Crippen LogP) is 3.11. The van der Waals surface area contributed by atoms with Gasteiger partial charge in [0, 0.05) is 13.2 Å². The second-order valence-corrected chi connectivity index (χ2v) is 6.19. The number of nitrogens with one attached hydrogen (secondary N) is 1. The van der Waals surface area contributed by atoms with Crippen LogP contribution in [-0.2, 0) is 7.05 Å². The van der Waals surface area contributed by atoms with Crippen molar-refractivity contribution in [1.29, 1.82) is 0 Å². The molecule has 2 rings (SSSR count). The van der Waals surface area contributed by atoms with Crippen molar-refractivity contribution in [1.82, 2.24) is 9.78 Å². The zero-order valence-electron chi connectivity index (χ0n) is 9.74. The van der Waals surface area contributed by atoms with Gasteiger partial charge in [0.2, 0.25) is 0 Å². The summed E-state index contributed by atoms with van der Waals surface area (Å²) in [5, 5.41) is 7.03. The number of amides is 1. The monoisotopic (exact) mass is 313 g/mol. The summed E-state index contributed by atoms with van der Waals surface area (Å²) in [6.07, 6.45) is 1.79. The van der Waals surface area contributed by atoms with Crippen molar-refractivity contribution in [2.24, 2.45) is 7.05 Å². The highest BCUT2D eigenvalue weighted by Crippen LogP contribution is 2.28. The highest BCUT2D eigenvalue weighted by molar-refractivity contribution is 9.11. The van der Waals surface area contributed by atoms with Gasteiger partial charge in [-0.05, 0) is 41.4 Å². The SMILES string of the molecule is Cc1cc(C(=O)Nc2cn(C)nc2C)sc1Br. The lowest BCUT2D eigenvalue weighted by Crippen LogP contribution is -2.10. The van der Waals surface area contributed by atoms with Crippen molar-refractivity contribution in [3.63, 3.8) is 0 Å². The molecule has 0 spiro atoms. The van der Waals surface area contributed by atoms with E-state index in [0.717, 1.165) is 20.7 Å². The Bertz CT molecular complexity index is 554. The molecule has 0 unspecified atom stereocenters. The maximum atomic E-state index is 12.0. The van der Waals surface area contributed by atoms with Gasteiger partial charge < -0.3 is 5.32 Å². The van der Waals surface area contributed by atoms with Crippen LogP contribution in [0, 0.1) is 13.8 Å². The largest absolute Gasteiger partial charge is 0.318 e. The third-order valence-electron chi connectivity index (χ3n) is 2.34. The Labute approximate surface area is 112 Å². The fraction of sp³-hybridized carbons (Fsp3) is 0.273. The number of thiophene rings is 1. The lowest BCUT2D eigenvalue weighted by molar-refractivity contribution is 0.103. The minimum atomic E-state index is -0.0973. The summed E-state index contributed by atoms with van der Waals surface area (Å²) < 4.78 is 2.67.